The van der Waals surface area contributed by atoms with E-state index in [2.05, 4.69) is 5.32 Å². The van der Waals surface area contributed by atoms with Gasteiger partial charge in [0.15, 0.2) is 0 Å². The smallest absolute Gasteiger partial charge is 0.328 e. The zero-order valence-electron chi connectivity index (χ0n) is 12.4. The predicted molar refractivity (Wildman–Crippen MR) is 78.3 cm³/mol. The number of hydrogen-bond acceptors (Lipinski definition) is 5. The molecule has 2 N–H and O–H groups in total. The molecular formula is C16H19NO5. The Balaban J connectivity index is 2.14. The van der Waals surface area contributed by atoms with Crippen molar-refractivity contribution in [3.8, 4) is 5.75 Å². The number of hydrogen-bond donors (Lipinski definition) is 2. The number of carbonyl (C=O) groups excluding carboxylic acids is 3. The number of Topliss-reactive ketones (excluding diaryl/α,β-unsaturated/α-hetero) is 1. The first-order chi connectivity index (χ1) is 10.5. The molecule has 2 rings (SSSR count). The van der Waals surface area contributed by atoms with Crippen LogP contribution in [0.2, 0.25) is 0 Å². The van der Waals surface area contributed by atoms with Gasteiger partial charge in [-0.15, -0.1) is 0 Å². The minimum absolute atomic E-state index is 0.0323. The molecule has 2 atom stereocenters. The minimum atomic E-state index is -0.857. The molecule has 0 aromatic heterocycles. The largest absolute Gasteiger partial charge is 0.508 e. The van der Waals surface area contributed by atoms with E-state index in [0.717, 1.165) is 0 Å². The van der Waals surface area contributed by atoms with Gasteiger partial charge in [0.05, 0.1) is 7.11 Å². The highest BCUT2D eigenvalue weighted by Crippen LogP contribution is 2.25. The molecule has 1 aromatic carbocycles. The molecule has 1 aliphatic rings. The van der Waals surface area contributed by atoms with E-state index in [9.17, 15) is 19.5 Å². The summed E-state index contributed by atoms with van der Waals surface area (Å²) in [4.78, 5) is 35.8. The molecule has 1 saturated carbocycles. The van der Waals surface area contributed by atoms with Crippen LogP contribution >= 0.6 is 0 Å². The number of aromatic hydroxyl groups is 1. The lowest BCUT2D eigenvalue weighted by Crippen LogP contribution is -2.48. The first kappa shape index (κ1) is 16.0. The third kappa shape index (κ3) is 3.84. The van der Waals surface area contributed by atoms with Gasteiger partial charge in [-0.25, -0.2) is 4.79 Å². The number of amides is 1. The maximum Gasteiger partial charge on any atom is 0.328 e. The summed E-state index contributed by atoms with van der Waals surface area (Å²) in [5, 5.41) is 12.0. The monoisotopic (exact) mass is 305 g/mol. The van der Waals surface area contributed by atoms with E-state index in [1.807, 2.05) is 0 Å². The van der Waals surface area contributed by atoms with Gasteiger partial charge < -0.3 is 15.2 Å². The van der Waals surface area contributed by atoms with Crippen molar-refractivity contribution in [1.82, 2.24) is 5.32 Å². The molecule has 0 spiro atoms. The number of ether oxygens (including phenoxy) is 1. The van der Waals surface area contributed by atoms with Crippen LogP contribution in [0.25, 0.3) is 0 Å². The van der Waals surface area contributed by atoms with Gasteiger partial charge in [0.1, 0.15) is 17.6 Å². The quantitative estimate of drug-likeness (QED) is 0.821. The second-order valence-corrected chi connectivity index (χ2v) is 5.42. The van der Waals surface area contributed by atoms with E-state index in [1.54, 1.807) is 6.07 Å². The first-order valence-corrected chi connectivity index (χ1v) is 7.20. The number of carbonyl (C=O) groups is 3. The summed E-state index contributed by atoms with van der Waals surface area (Å²) in [5.41, 5.74) is 0.246. The lowest BCUT2D eigenvalue weighted by molar-refractivity contribution is -0.145. The van der Waals surface area contributed by atoms with Crippen LogP contribution in [0.15, 0.2) is 24.3 Å². The summed E-state index contributed by atoms with van der Waals surface area (Å²) < 4.78 is 4.75. The molecule has 22 heavy (non-hydrogen) atoms. The van der Waals surface area contributed by atoms with Gasteiger partial charge in [-0.05, 0) is 37.0 Å². The Morgan fingerprint density at radius 1 is 1.41 bits per heavy atom. The minimum Gasteiger partial charge on any atom is -0.508 e. The van der Waals surface area contributed by atoms with Gasteiger partial charge in [0.25, 0.3) is 5.91 Å². The van der Waals surface area contributed by atoms with E-state index in [1.165, 1.54) is 25.3 Å². The molecule has 0 saturated heterocycles. The van der Waals surface area contributed by atoms with Gasteiger partial charge in [0.2, 0.25) is 0 Å². The number of benzene rings is 1. The third-order valence-electron chi connectivity index (χ3n) is 3.84. The van der Waals surface area contributed by atoms with Gasteiger partial charge in [0, 0.05) is 18.4 Å². The molecule has 0 unspecified atom stereocenters. The van der Waals surface area contributed by atoms with Crippen molar-refractivity contribution in [3.05, 3.63) is 29.8 Å². The van der Waals surface area contributed by atoms with Gasteiger partial charge in [-0.2, -0.15) is 0 Å². The van der Waals surface area contributed by atoms with Crippen LogP contribution in [0.4, 0.5) is 0 Å². The fourth-order valence-corrected chi connectivity index (χ4v) is 2.71. The second kappa shape index (κ2) is 7.06. The Hall–Kier alpha value is -2.37. The summed E-state index contributed by atoms with van der Waals surface area (Å²) in [6, 6.07) is 4.99. The van der Waals surface area contributed by atoms with Crippen molar-refractivity contribution in [2.75, 3.05) is 7.11 Å². The van der Waals surface area contributed by atoms with Crippen molar-refractivity contribution in [2.24, 2.45) is 5.92 Å². The molecule has 0 bridgehead atoms. The molecule has 6 heteroatoms. The number of phenols is 1. The van der Waals surface area contributed by atoms with Crippen molar-refractivity contribution in [3.63, 3.8) is 0 Å². The van der Waals surface area contributed by atoms with Crippen LogP contribution in [0, 0.1) is 5.92 Å². The van der Waals surface area contributed by atoms with Crippen LogP contribution in [-0.2, 0) is 14.3 Å². The van der Waals surface area contributed by atoms with Crippen LogP contribution < -0.4 is 5.32 Å². The summed E-state index contributed by atoms with van der Waals surface area (Å²) in [6.07, 6.45) is 2.18. The molecule has 1 aromatic rings. The zero-order valence-corrected chi connectivity index (χ0v) is 12.4. The Kier molecular flexibility index (Phi) is 5.14. The molecule has 0 heterocycles. The Labute approximate surface area is 128 Å². The lowest BCUT2D eigenvalue weighted by Gasteiger charge is -2.28. The van der Waals surface area contributed by atoms with Crippen molar-refractivity contribution in [2.45, 2.75) is 31.7 Å². The first-order valence-electron chi connectivity index (χ1n) is 7.20. The molecule has 0 radical (unpaired) electrons. The normalized spacial score (nSPS) is 19.3. The molecule has 118 valence electrons. The number of rotatable bonds is 4. The summed E-state index contributed by atoms with van der Waals surface area (Å²) in [7, 11) is 1.25. The number of nitrogens with one attached hydrogen (secondary N) is 1. The van der Waals surface area contributed by atoms with E-state index in [4.69, 9.17) is 4.74 Å². The Morgan fingerprint density at radius 2 is 2.18 bits per heavy atom. The van der Waals surface area contributed by atoms with Crippen molar-refractivity contribution >= 4 is 17.7 Å². The highest BCUT2D eigenvalue weighted by atomic mass is 16.5. The van der Waals surface area contributed by atoms with E-state index in [0.29, 0.717) is 19.3 Å². The van der Waals surface area contributed by atoms with Crippen molar-refractivity contribution < 1.29 is 24.2 Å². The summed E-state index contributed by atoms with van der Waals surface area (Å²) >= 11 is 0. The molecule has 1 amide bonds. The van der Waals surface area contributed by atoms with Crippen LogP contribution in [-0.4, -0.2) is 35.9 Å². The topological polar surface area (TPSA) is 92.7 Å². The van der Waals surface area contributed by atoms with E-state index >= 15 is 0 Å². The van der Waals surface area contributed by atoms with Gasteiger partial charge in [-0.3, -0.25) is 9.59 Å². The Morgan fingerprint density at radius 3 is 2.82 bits per heavy atom. The highest BCUT2D eigenvalue weighted by Gasteiger charge is 2.34. The lowest BCUT2D eigenvalue weighted by atomic mass is 9.83. The highest BCUT2D eigenvalue weighted by molar-refractivity contribution is 5.97. The SMILES string of the molecule is COC(=O)[C@@H](NC(=O)c1cccc(O)c1)[C@H]1CCCC(=O)C1. The van der Waals surface area contributed by atoms with Gasteiger partial charge in [-0.1, -0.05) is 6.07 Å². The summed E-state index contributed by atoms with van der Waals surface area (Å²) in [6.45, 7) is 0. The predicted octanol–water partition coefficient (Wildman–Crippen LogP) is 1.42. The number of esters is 1. The number of phenolic OH excluding ortho intramolecular Hbond substituents is 1. The number of methoxy groups -OCH3 is 1. The average Bonchev–Trinajstić information content (AvgIpc) is 2.51. The third-order valence-corrected chi connectivity index (χ3v) is 3.84. The van der Waals surface area contributed by atoms with Crippen LogP contribution in [0.5, 0.6) is 5.75 Å². The molecular weight excluding hydrogens is 286 g/mol. The molecule has 1 fully saturated rings. The maximum atomic E-state index is 12.2. The van der Waals surface area contributed by atoms with E-state index < -0.39 is 17.9 Å². The number of ketones is 1. The second-order valence-electron chi connectivity index (χ2n) is 5.42. The average molecular weight is 305 g/mol. The fourth-order valence-electron chi connectivity index (χ4n) is 2.71. The zero-order chi connectivity index (χ0) is 16.1. The van der Waals surface area contributed by atoms with Crippen molar-refractivity contribution in [1.29, 1.82) is 0 Å². The summed E-state index contributed by atoms with van der Waals surface area (Å²) in [5.74, 6) is -1.24. The molecule has 1 aliphatic carbocycles. The standard InChI is InChI=1S/C16H19NO5/c1-22-16(21)14(10-4-2-6-12(18)8-10)17-15(20)11-5-3-7-13(19)9-11/h3,5,7,9-10,14,19H,2,4,6,8H2,1H3,(H,17,20)/t10-,14-/m0/s1. The van der Waals surface area contributed by atoms with Crippen LogP contribution in [0.3, 0.4) is 0 Å². The van der Waals surface area contributed by atoms with E-state index in [-0.39, 0.29) is 29.4 Å². The maximum absolute atomic E-state index is 12.2. The fraction of sp³-hybridized carbons (Fsp3) is 0.438. The molecule has 6 nitrogen and oxygen atoms in total. The van der Waals surface area contributed by atoms with Crippen LogP contribution in [0.1, 0.15) is 36.0 Å². The Bertz CT molecular complexity index is 584. The molecule has 0 aliphatic heterocycles. The van der Waals surface area contributed by atoms with Gasteiger partial charge >= 0.3 is 5.97 Å².